The quantitative estimate of drug-likeness (QED) is 0.746. The summed E-state index contributed by atoms with van der Waals surface area (Å²) in [5, 5.41) is 9.80. The Kier molecular flexibility index (Phi) is 3.18. The Labute approximate surface area is 84.8 Å². The van der Waals surface area contributed by atoms with Crippen LogP contribution in [0.3, 0.4) is 0 Å². The maximum absolute atomic E-state index is 9.80. The molecule has 0 unspecified atom stereocenters. The first-order chi connectivity index (χ1) is 6.54. The first-order valence-electron chi connectivity index (χ1n) is 4.55. The second-order valence-corrected chi connectivity index (χ2v) is 3.61. The number of phenols is 1. The zero-order valence-corrected chi connectivity index (χ0v) is 8.92. The van der Waals surface area contributed by atoms with Crippen LogP contribution in [0.25, 0.3) is 0 Å². The number of aryl methyl sites for hydroxylation is 1. The molecule has 2 nitrogen and oxygen atoms in total. The lowest BCUT2D eigenvalue weighted by Crippen LogP contribution is -1.92. The summed E-state index contributed by atoms with van der Waals surface area (Å²) in [5.41, 5.74) is 2.97. The fraction of sp³-hybridized carbons (Fsp3) is 0.333. The van der Waals surface area contributed by atoms with Crippen LogP contribution in [0, 0.1) is 6.92 Å². The molecule has 0 aromatic heterocycles. The fourth-order valence-corrected chi connectivity index (χ4v) is 1.43. The van der Waals surface area contributed by atoms with Gasteiger partial charge in [-0.25, -0.2) is 0 Å². The Bertz CT molecular complexity index is 354. The summed E-state index contributed by atoms with van der Waals surface area (Å²) in [6, 6.07) is 3.77. The summed E-state index contributed by atoms with van der Waals surface area (Å²) in [5.74, 6) is 0.752. The van der Waals surface area contributed by atoms with Gasteiger partial charge >= 0.3 is 0 Å². The molecule has 0 aliphatic carbocycles. The third kappa shape index (κ3) is 2.28. The van der Waals surface area contributed by atoms with Crippen LogP contribution in [0.2, 0.25) is 0 Å². The van der Waals surface area contributed by atoms with Crippen LogP contribution >= 0.6 is 0 Å². The topological polar surface area (TPSA) is 29.5 Å². The first kappa shape index (κ1) is 10.6. The summed E-state index contributed by atoms with van der Waals surface area (Å²) in [6.07, 6.45) is 0.684. The minimum Gasteiger partial charge on any atom is -0.504 e. The molecule has 0 radical (unpaired) electrons. The Morgan fingerprint density at radius 3 is 2.64 bits per heavy atom. The van der Waals surface area contributed by atoms with Crippen molar-refractivity contribution in [3.05, 3.63) is 35.4 Å². The van der Waals surface area contributed by atoms with E-state index in [4.69, 9.17) is 4.74 Å². The minimum atomic E-state index is 0.223. The average Bonchev–Trinajstić information content (AvgIpc) is 2.09. The summed E-state index contributed by atoms with van der Waals surface area (Å²) in [7, 11) is 1.55. The van der Waals surface area contributed by atoms with Gasteiger partial charge in [0.2, 0.25) is 0 Å². The van der Waals surface area contributed by atoms with Crippen LogP contribution in [-0.2, 0) is 6.42 Å². The summed E-state index contributed by atoms with van der Waals surface area (Å²) in [6.45, 7) is 7.74. The van der Waals surface area contributed by atoms with Gasteiger partial charge in [-0.15, -0.1) is 0 Å². The van der Waals surface area contributed by atoms with E-state index in [1.54, 1.807) is 7.11 Å². The van der Waals surface area contributed by atoms with Crippen molar-refractivity contribution < 1.29 is 9.84 Å². The number of benzene rings is 1. The molecule has 0 bridgehead atoms. The smallest absolute Gasteiger partial charge is 0.161 e. The Balaban J connectivity index is 3.15. The van der Waals surface area contributed by atoms with Crippen molar-refractivity contribution in [1.82, 2.24) is 0 Å². The van der Waals surface area contributed by atoms with Crippen molar-refractivity contribution in [3.63, 3.8) is 0 Å². The summed E-state index contributed by atoms with van der Waals surface area (Å²) in [4.78, 5) is 0. The number of hydrogen-bond donors (Lipinski definition) is 1. The van der Waals surface area contributed by atoms with Crippen molar-refractivity contribution in [3.8, 4) is 11.5 Å². The number of phenolic OH excluding ortho intramolecular Hbond substituents is 1. The zero-order chi connectivity index (χ0) is 10.7. The molecule has 0 atom stereocenters. The van der Waals surface area contributed by atoms with Crippen LogP contribution in [0.1, 0.15) is 18.1 Å². The van der Waals surface area contributed by atoms with Gasteiger partial charge in [0.15, 0.2) is 11.5 Å². The van der Waals surface area contributed by atoms with Gasteiger partial charge in [-0.3, -0.25) is 0 Å². The molecule has 0 heterocycles. The molecule has 14 heavy (non-hydrogen) atoms. The largest absolute Gasteiger partial charge is 0.504 e. The monoisotopic (exact) mass is 192 g/mol. The second kappa shape index (κ2) is 4.18. The Morgan fingerprint density at radius 1 is 1.50 bits per heavy atom. The van der Waals surface area contributed by atoms with Gasteiger partial charge in [-0.1, -0.05) is 18.2 Å². The van der Waals surface area contributed by atoms with Crippen LogP contribution in [-0.4, -0.2) is 12.2 Å². The standard InChI is InChI=1S/C12H16O2/c1-8(2)5-10-6-9(3)7-11(14-4)12(10)13/h6-7,13H,1,5H2,2-4H3. The van der Waals surface area contributed by atoms with Crippen LogP contribution in [0.15, 0.2) is 24.3 Å². The number of aromatic hydroxyl groups is 1. The van der Waals surface area contributed by atoms with Gasteiger partial charge in [0, 0.05) is 5.56 Å². The number of ether oxygens (including phenoxy) is 1. The predicted octanol–water partition coefficient (Wildman–Crippen LogP) is 2.83. The highest BCUT2D eigenvalue weighted by Gasteiger charge is 2.08. The van der Waals surface area contributed by atoms with E-state index >= 15 is 0 Å². The van der Waals surface area contributed by atoms with Gasteiger partial charge in [0.1, 0.15) is 0 Å². The number of allylic oxidation sites excluding steroid dienone is 1. The molecule has 76 valence electrons. The molecule has 0 fully saturated rings. The summed E-state index contributed by atoms with van der Waals surface area (Å²) < 4.78 is 5.07. The van der Waals surface area contributed by atoms with E-state index in [0.717, 1.165) is 16.7 Å². The molecule has 0 aliphatic heterocycles. The highest BCUT2D eigenvalue weighted by molar-refractivity contribution is 5.49. The molecule has 0 amide bonds. The molecule has 0 saturated heterocycles. The van der Waals surface area contributed by atoms with E-state index in [-0.39, 0.29) is 5.75 Å². The molecular weight excluding hydrogens is 176 g/mol. The number of rotatable bonds is 3. The molecule has 1 N–H and O–H groups in total. The molecule has 0 aliphatic rings. The van der Waals surface area contributed by atoms with Crippen LogP contribution < -0.4 is 4.74 Å². The number of methoxy groups -OCH3 is 1. The Morgan fingerprint density at radius 2 is 2.14 bits per heavy atom. The van der Waals surface area contributed by atoms with E-state index in [1.807, 2.05) is 26.0 Å². The third-order valence-electron chi connectivity index (χ3n) is 2.01. The first-order valence-corrected chi connectivity index (χ1v) is 4.55. The van der Waals surface area contributed by atoms with E-state index in [1.165, 1.54) is 0 Å². The third-order valence-corrected chi connectivity index (χ3v) is 2.01. The van der Waals surface area contributed by atoms with Gasteiger partial charge in [-0.05, 0) is 31.9 Å². The highest BCUT2D eigenvalue weighted by atomic mass is 16.5. The van der Waals surface area contributed by atoms with E-state index in [9.17, 15) is 5.11 Å². The molecule has 1 aromatic rings. The van der Waals surface area contributed by atoms with Crippen LogP contribution in [0.4, 0.5) is 0 Å². The molecule has 1 aromatic carbocycles. The number of hydrogen-bond acceptors (Lipinski definition) is 2. The van der Waals surface area contributed by atoms with Gasteiger partial charge in [0.05, 0.1) is 7.11 Å². The zero-order valence-electron chi connectivity index (χ0n) is 8.92. The Hall–Kier alpha value is -1.44. The molecule has 0 spiro atoms. The van der Waals surface area contributed by atoms with E-state index in [0.29, 0.717) is 12.2 Å². The van der Waals surface area contributed by atoms with Gasteiger partial charge in [0.25, 0.3) is 0 Å². The normalized spacial score (nSPS) is 9.93. The van der Waals surface area contributed by atoms with Crippen molar-refractivity contribution in [2.75, 3.05) is 7.11 Å². The molecular formula is C12H16O2. The minimum absolute atomic E-state index is 0.223. The van der Waals surface area contributed by atoms with Crippen LogP contribution in [0.5, 0.6) is 11.5 Å². The predicted molar refractivity (Wildman–Crippen MR) is 57.9 cm³/mol. The molecule has 1 rings (SSSR count). The van der Waals surface area contributed by atoms with E-state index < -0.39 is 0 Å². The molecule has 0 saturated carbocycles. The second-order valence-electron chi connectivity index (χ2n) is 3.61. The van der Waals surface area contributed by atoms with Crippen molar-refractivity contribution in [1.29, 1.82) is 0 Å². The van der Waals surface area contributed by atoms with Crippen molar-refractivity contribution in [2.45, 2.75) is 20.3 Å². The lowest BCUT2D eigenvalue weighted by Gasteiger charge is -2.10. The maximum Gasteiger partial charge on any atom is 0.161 e. The lowest BCUT2D eigenvalue weighted by atomic mass is 10.0. The van der Waals surface area contributed by atoms with E-state index in [2.05, 4.69) is 6.58 Å². The van der Waals surface area contributed by atoms with Crippen molar-refractivity contribution in [2.24, 2.45) is 0 Å². The van der Waals surface area contributed by atoms with Crippen molar-refractivity contribution >= 4 is 0 Å². The summed E-state index contributed by atoms with van der Waals surface area (Å²) >= 11 is 0. The van der Waals surface area contributed by atoms with Gasteiger partial charge < -0.3 is 9.84 Å². The maximum atomic E-state index is 9.80. The highest BCUT2D eigenvalue weighted by Crippen LogP contribution is 2.32. The lowest BCUT2D eigenvalue weighted by molar-refractivity contribution is 0.370. The molecule has 2 heteroatoms. The van der Waals surface area contributed by atoms with Gasteiger partial charge in [-0.2, -0.15) is 0 Å². The SMILES string of the molecule is C=C(C)Cc1cc(C)cc(OC)c1O. The fourth-order valence-electron chi connectivity index (χ4n) is 1.43. The average molecular weight is 192 g/mol.